The van der Waals surface area contributed by atoms with Crippen molar-refractivity contribution >= 4 is 28.4 Å². The van der Waals surface area contributed by atoms with Crippen molar-refractivity contribution in [3.8, 4) is 17.3 Å². The van der Waals surface area contributed by atoms with Gasteiger partial charge >= 0.3 is 0 Å². The van der Waals surface area contributed by atoms with Gasteiger partial charge in [-0.3, -0.25) is 9.78 Å². The first-order valence-electron chi connectivity index (χ1n) is 11.7. The lowest BCUT2D eigenvalue weighted by Gasteiger charge is -2.22. The summed E-state index contributed by atoms with van der Waals surface area (Å²) >= 11 is 0. The van der Waals surface area contributed by atoms with E-state index in [1.807, 2.05) is 18.2 Å². The van der Waals surface area contributed by atoms with Crippen LogP contribution >= 0.6 is 0 Å². The Morgan fingerprint density at radius 3 is 2.67 bits per heavy atom. The number of amides is 1. The van der Waals surface area contributed by atoms with E-state index in [2.05, 4.69) is 61.9 Å². The van der Waals surface area contributed by atoms with Crippen molar-refractivity contribution in [1.29, 1.82) is 5.26 Å². The van der Waals surface area contributed by atoms with E-state index in [4.69, 9.17) is 0 Å². The number of carbonyl (C=O) groups is 1. The van der Waals surface area contributed by atoms with Gasteiger partial charge in [-0.25, -0.2) is 15.0 Å². The van der Waals surface area contributed by atoms with Crippen molar-refractivity contribution in [3.05, 3.63) is 71.8 Å². The largest absolute Gasteiger partial charge is 0.372 e. The normalized spacial score (nSPS) is 12.4. The zero-order valence-electron chi connectivity index (χ0n) is 20.7. The topological polar surface area (TPSA) is 129 Å². The van der Waals surface area contributed by atoms with Crippen LogP contribution in [0.15, 0.2) is 55.1 Å². The number of nitrogens with one attached hydrogen (secondary N) is 3. The van der Waals surface area contributed by atoms with Gasteiger partial charge in [0.25, 0.3) is 5.91 Å². The highest BCUT2D eigenvalue weighted by Gasteiger charge is 2.19. The summed E-state index contributed by atoms with van der Waals surface area (Å²) in [6.45, 7) is 5.00. The van der Waals surface area contributed by atoms with Crippen LogP contribution in [0.1, 0.15) is 41.3 Å². The molecular formula is C27H28N8O. The number of para-hydroxylation sites is 1. The van der Waals surface area contributed by atoms with Gasteiger partial charge in [0, 0.05) is 50.0 Å². The maximum atomic E-state index is 12.3. The molecular weight excluding hydrogens is 452 g/mol. The molecule has 9 nitrogen and oxygen atoms in total. The number of benzene rings is 1. The number of hydrogen-bond acceptors (Lipinski definition) is 8. The molecule has 3 N–H and O–H groups in total. The molecule has 9 heteroatoms. The van der Waals surface area contributed by atoms with Crippen LogP contribution in [-0.2, 0) is 0 Å². The van der Waals surface area contributed by atoms with Gasteiger partial charge in [-0.2, -0.15) is 5.26 Å². The summed E-state index contributed by atoms with van der Waals surface area (Å²) in [5.41, 5.74) is 4.43. The zero-order chi connectivity index (χ0) is 25.7. The minimum atomic E-state index is -0.126. The van der Waals surface area contributed by atoms with E-state index in [9.17, 15) is 10.1 Å². The van der Waals surface area contributed by atoms with E-state index in [0.29, 0.717) is 35.0 Å². The van der Waals surface area contributed by atoms with Crippen LogP contribution in [0, 0.1) is 17.2 Å². The van der Waals surface area contributed by atoms with Crippen LogP contribution in [-0.4, -0.2) is 46.5 Å². The molecule has 2 atom stereocenters. The molecule has 3 heterocycles. The highest BCUT2D eigenvalue weighted by molar-refractivity contribution is 6.06. The van der Waals surface area contributed by atoms with Crippen LogP contribution in [0.4, 0.5) is 11.6 Å². The summed E-state index contributed by atoms with van der Waals surface area (Å²) in [7, 11) is 3.36. The fourth-order valence-electron chi connectivity index (χ4n) is 4.15. The lowest BCUT2D eigenvalue weighted by molar-refractivity contribution is 0.0964. The van der Waals surface area contributed by atoms with Crippen molar-refractivity contribution < 1.29 is 4.79 Å². The van der Waals surface area contributed by atoms with E-state index < -0.39 is 0 Å². The molecule has 3 aromatic heterocycles. The van der Waals surface area contributed by atoms with E-state index in [-0.39, 0.29) is 17.7 Å². The molecule has 1 amide bonds. The second-order valence-electron chi connectivity index (χ2n) is 8.60. The second-order valence-corrected chi connectivity index (χ2v) is 8.60. The third-order valence-corrected chi connectivity index (χ3v) is 6.43. The van der Waals surface area contributed by atoms with Crippen molar-refractivity contribution in [2.75, 3.05) is 31.3 Å². The van der Waals surface area contributed by atoms with E-state index in [1.54, 1.807) is 38.6 Å². The highest BCUT2D eigenvalue weighted by atomic mass is 16.1. The Morgan fingerprint density at radius 2 is 1.92 bits per heavy atom. The van der Waals surface area contributed by atoms with Gasteiger partial charge in [-0.1, -0.05) is 32.0 Å². The SMILES string of the molecule is CNC(=O)c1ccnc2c([C@H](C)C(C)CNc3cc(-c4cnc(NC)c(C#N)c4)ncn3)cccc12. The fourth-order valence-corrected chi connectivity index (χ4v) is 4.15. The molecule has 182 valence electrons. The predicted molar refractivity (Wildman–Crippen MR) is 141 cm³/mol. The van der Waals surface area contributed by atoms with Gasteiger partial charge in [-0.15, -0.1) is 0 Å². The number of aromatic nitrogens is 4. The number of pyridine rings is 2. The summed E-state index contributed by atoms with van der Waals surface area (Å²) in [5.74, 6) is 1.50. The summed E-state index contributed by atoms with van der Waals surface area (Å²) in [5, 5.41) is 19.3. The van der Waals surface area contributed by atoms with Crippen molar-refractivity contribution in [1.82, 2.24) is 25.3 Å². The number of anilines is 2. The number of nitriles is 1. The molecule has 4 aromatic rings. The zero-order valence-corrected chi connectivity index (χ0v) is 20.7. The van der Waals surface area contributed by atoms with Gasteiger partial charge < -0.3 is 16.0 Å². The van der Waals surface area contributed by atoms with Gasteiger partial charge in [0.2, 0.25) is 0 Å². The molecule has 1 aromatic carbocycles. The molecule has 0 saturated heterocycles. The van der Waals surface area contributed by atoms with Crippen LogP contribution in [0.25, 0.3) is 22.2 Å². The first-order chi connectivity index (χ1) is 17.5. The molecule has 0 spiro atoms. The quantitative estimate of drug-likeness (QED) is 0.342. The number of nitrogens with zero attached hydrogens (tertiary/aromatic N) is 5. The maximum Gasteiger partial charge on any atom is 0.251 e. The van der Waals surface area contributed by atoms with E-state index in [1.165, 1.54) is 6.33 Å². The first kappa shape index (κ1) is 24.5. The second kappa shape index (κ2) is 10.8. The average molecular weight is 481 g/mol. The smallest absolute Gasteiger partial charge is 0.251 e. The molecule has 0 radical (unpaired) electrons. The average Bonchev–Trinajstić information content (AvgIpc) is 2.94. The predicted octanol–water partition coefficient (Wildman–Crippen LogP) is 4.21. The Bertz CT molecular complexity index is 1450. The third kappa shape index (κ3) is 4.93. The molecule has 1 unspecified atom stereocenters. The van der Waals surface area contributed by atoms with Crippen LogP contribution in [0.5, 0.6) is 0 Å². The summed E-state index contributed by atoms with van der Waals surface area (Å²) in [4.78, 5) is 29.9. The van der Waals surface area contributed by atoms with Crippen LogP contribution in [0.2, 0.25) is 0 Å². The molecule has 36 heavy (non-hydrogen) atoms. The highest BCUT2D eigenvalue weighted by Crippen LogP contribution is 2.31. The van der Waals surface area contributed by atoms with Gasteiger partial charge in [-0.05, 0) is 29.5 Å². The van der Waals surface area contributed by atoms with Crippen LogP contribution in [0.3, 0.4) is 0 Å². The molecule has 0 aliphatic carbocycles. The number of hydrogen-bond donors (Lipinski definition) is 3. The monoisotopic (exact) mass is 480 g/mol. The Kier molecular flexibility index (Phi) is 7.35. The maximum absolute atomic E-state index is 12.3. The number of rotatable bonds is 8. The van der Waals surface area contributed by atoms with E-state index in [0.717, 1.165) is 22.0 Å². The number of carbonyl (C=O) groups excluding carboxylic acids is 1. The molecule has 4 rings (SSSR count). The van der Waals surface area contributed by atoms with Crippen LogP contribution < -0.4 is 16.0 Å². The van der Waals surface area contributed by atoms with E-state index >= 15 is 0 Å². The van der Waals surface area contributed by atoms with Crippen molar-refractivity contribution in [2.24, 2.45) is 5.92 Å². The first-order valence-corrected chi connectivity index (χ1v) is 11.7. The molecule has 0 bridgehead atoms. The van der Waals surface area contributed by atoms with Crippen molar-refractivity contribution in [2.45, 2.75) is 19.8 Å². The number of fused-ring (bicyclic) bond motifs is 1. The minimum Gasteiger partial charge on any atom is -0.372 e. The lowest BCUT2D eigenvalue weighted by atomic mass is 9.87. The Balaban J connectivity index is 1.52. The minimum absolute atomic E-state index is 0.126. The summed E-state index contributed by atoms with van der Waals surface area (Å²) < 4.78 is 0. The summed E-state index contributed by atoms with van der Waals surface area (Å²) in [6, 6.07) is 13.5. The molecule has 0 saturated carbocycles. The Morgan fingerprint density at radius 1 is 1.08 bits per heavy atom. The van der Waals surface area contributed by atoms with Gasteiger partial charge in [0.1, 0.15) is 24.0 Å². The fraction of sp³-hybridized carbons (Fsp3) is 0.259. The molecule has 0 fully saturated rings. The lowest BCUT2D eigenvalue weighted by Crippen LogP contribution is -2.19. The third-order valence-electron chi connectivity index (χ3n) is 6.43. The Hall–Kier alpha value is -4.58. The summed E-state index contributed by atoms with van der Waals surface area (Å²) in [6.07, 6.45) is 4.87. The van der Waals surface area contributed by atoms with Crippen molar-refractivity contribution in [3.63, 3.8) is 0 Å². The van der Waals surface area contributed by atoms with Gasteiger partial charge in [0.05, 0.1) is 22.3 Å². The standard InChI is InChI=1S/C27H28N8O/c1-16(17(2)20-6-5-7-21-22(27(36)30-4)8-9-31-25(20)21)13-32-24-11-23(34-15-35-24)19-10-18(12-28)26(29-3)33-14-19/h5-11,14-17H,13H2,1-4H3,(H,29,33)(H,30,36)(H,32,34,35)/t16?,17-/m1/s1. The van der Waals surface area contributed by atoms with Gasteiger partial charge in [0.15, 0.2) is 0 Å². The molecule has 0 aliphatic rings. The molecule has 0 aliphatic heterocycles. The Labute approximate surface area is 210 Å².